The van der Waals surface area contributed by atoms with Gasteiger partial charge in [0.15, 0.2) is 6.10 Å². The molecule has 2 aromatic rings. The van der Waals surface area contributed by atoms with Gasteiger partial charge >= 0.3 is 6.18 Å². The van der Waals surface area contributed by atoms with E-state index in [2.05, 4.69) is 0 Å². The Kier molecular flexibility index (Phi) is 2.79. The molecular weight excluding hydrogens is 236 g/mol. The topological polar surface area (TPSA) is 20.2 Å². The van der Waals surface area contributed by atoms with Crippen LogP contribution in [0.15, 0.2) is 36.4 Å². The van der Waals surface area contributed by atoms with Gasteiger partial charge in [0.2, 0.25) is 0 Å². The number of fused-ring (bicyclic) bond motifs is 1. The molecule has 90 valence electrons. The maximum Gasteiger partial charge on any atom is 0.418 e. The Balaban J connectivity index is 2.71. The van der Waals surface area contributed by atoms with Crippen molar-refractivity contribution in [3.05, 3.63) is 47.8 Å². The monoisotopic (exact) mass is 244 g/mol. The van der Waals surface area contributed by atoms with Crippen LogP contribution in [0.3, 0.4) is 0 Å². The van der Waals surface area contributed by atoms with Gasteiger partial charge in [-0.05, 0) is 16.8 Å². The minimum atomic E-state index is -4.88. The van der Waals surface area contributed by atoms with Crippen LogP contribution in [0.5, 0.6) is 0 Å². The van der Waals surface area contributed by atoms with E-state index in [0.717, 1.165) is 6.07 Å². The lowest BCUT2D eigenvalue weighted by molar-refractivity contribution is -0.207. The Morgan fingerprint density at radius 2 is 1.65 bits per heavy atom. The molecule has 0 amide bonds. The van der Waals surface area contributed by atoms with Crippen LogP contribution in [0, 0.1) is 5.82 Å². The Morgan fingerprint density at radius 1 is 1.00 bits per heavy atom. The molecule has 0 aliphatic rings. The first-order valence-electron chi connectivity index (χ1n) is 4.83. The number of rotatable bonds is 1. The highest BCUT2D eigenvalue weighted by Gasteiger charge is 2.41. The van der Waals surface area contributed by atoms with E-state index in [-0.39, 0.29) is 5.39 Å². The second-order valence-electron chi connectivity index (χ2n) is 3.63. The third-order valence-electron chi connectivity index (χ3n) is 2.50. The lowest BCUT2D eigenvalue weighted by atomic mass is 9.99. The molecule has 1 unspecified atom stereocenters. The van der Waals surface area contributed by atoms with Gasteiger partial charge in [-0.1, -0.05) is 30.3 Å². The van der Waals surface area contributed by atoms with Gasteiger partial charge in [0.05, 0.1) is 0 Å². The minimum absolute atomic E-state index is 0.0670. The van der Waals surface area contributed by atoms with Crippen molar-refractivity contribution in [3.63, 3.8) is 0 Å². The first-order valence-corrected chi connectivity index (χ1v) is 4.83. The molecule has 0 saturated carbocycles. The molecule has 0 aromatic heterocycles. The molecule has 0 fully saturated rings. The van der Waals surface area contributed by atoms with Crippen molar-refractivity contribution >= 4 is 10.8 Å². The average molecular weight is 244 g/mol. The summed E-state index contributed by atoms with van der Waals surface area (Å²) < 4.78 is 50.7. The fourth-order valence-corrected chi connectivity index (χ4v) is 1.71. The summed E-state index contributed by atoms with van der Waals surface area (Å²) in [6.45, 7) is 0. The van der Waals surface area contributed by atoms with Crippen LogP contribution < -0.4 is 0 Å². The van der Waals surface area contributed by atoms with E-state index in [1.54, 1.807) is 12.1 Å². The molecule has 2 rings (SSSR count). The number of hydrogen-bond donors (Lipinski definition) is 1. The van der Waals surface area contributed by atoms with Crippen molar-refractivity contribution in [1.29, 1.82) is 0 Å². The van der Waals surface area contributed by atoms with Gasteiger partial charge in [0, 0.05) is 5.56 Å². The molecule has 0 bridgehead atoms. The van der Waals surface area contributed by atoms with E-state index in [4.69, 9.17) is 0 Å². The Hall–Kier alpha value is -1.62. The molecule has 5 heteroatoms. The van der Waals surface area contributed by atoms with Crippen LogP contribution in [-0.2, 0) is 0 Å². The maximum absolute atomic E-state index is 13.4. The van der Waals surface area contributed by atoms with Crippen LogP contribution in [0.25, 0.3) is 10.8 Å². The third kappa shape index (κ3) is 2.10. The van der Waals surface area contributed by atoms with E-state index in [9.17, 15) is 22.7 Å². The molecule has 1 N–H and O–H groups in total. The molecule has 2 aromatic carbocycles. The standard InChI is InChI=1S/C12H8F4O/c13-9-6-5-7-3-1-2-4-8(7)10(9)11(17)12(14,15)16/h1-6,11,17H. The number of alkyl halides is 3. The van der Waals surface area contributed by atoms with E-state index in [1.165, 1.54) is 18.2 Å². The largest absolute Gasteiger partial charge is 0.418 e. The summed E-state index contributed by atoms with van der Waals surface area (Å²) in [7, 11) is 0. The second-order valence-corrected chi connectivity index (χ2v) is 3.63. The summed E-state index contributed by atoms with van der Waals surface area (Å²) >= 11 is 0. The van der Waals surface area contributed by atoms with Gasteiger partial charge in [-0.25, -0.2) is 4.39 Å². The van der Waals surface area contributed by atoms with Gasteiger partial charge in [0.25, 0.3) is 0 Å². The molecule has 1 atom stereocenters. The van der Waals surface area contributed by atoms with Crippen LogP contribution in [0.4, 0.5) is 17.6 Å². The predicted molar refractivity (Wildman–Crippen MR) is 54.9 cm³/mol. The lowest BCUT2D eigenvalue weighted by Crippen LogP contribution is -2.21. The molecule has 0 aliphatic heterocycles. The zero-order valence-electron chi connectivity index (χ0n) is 8.50. The van der Waals surface area contributed by atoms with Crippen LogP contribution in [0.2, 0.25) is 0 Å². The normalized spacial score (nSPS) is 13.9. The highest BCUT2D eigenvalue weighted by Crippen LogP contribution is 2.37. The number of aliphatic hydroxyl groups is 1. The van der Waals surface area contributed by atoms with Crippen LogP contribution >= 0.6 is 0 Å². The minimum Gasteiger partial charge on any atom is -0.379 e. The SMILES string of the molecule is OC(c1c(F)ccc2ccccc12)C(F)(F)F. The predicted octanol–water partition coefficient (Wildman–Crippen LogP) is 3.57. The van der Waals surface area contributed by atoms with E-state index in [1.807, 2.05) is 0 Å². The highest BCUT2D eigenvalue weighted by molar-refractivity contribution is 5.86. The summed E-state index contributed by atoms with van der Waals surface area (Å²) in [6, 6.07) is 8.33. The molecule has 0 radical (unpaired) electrons. The molecular formula is C12H8F4O. The first kappa shape index (κ1) is 11.9. The first-order chi connectivity index (χ1) is 7.91. The Bertz CT molecular complexity index is 548. The van der Waals surface area contributed by atoms with Crippen LogP contribution in [0.1, 0.15) is 11.7 Å². The molecule has 0 aliphatic carbocycles. The van der Waals surface area contributed by atoms with Crippen molar-refractivity contribution in [2.75, 3.05) is 0 Å². The second kappa shape index (κ2) is 4.00. The van der Waals surface area contributed by atoms with Gasteiger partial charge in [-0.2, -0.15) is 13.2 Å². The molecule has 1 nitrogen and oxygen atoms in total. The van der Waals surface area contributed by atoms with E-state index >= 15 is 0 Å². The Labute approximate surface area is 94.3 Å². The van der Waals surface area contributed by atoms with E-state index < -0.39 is 23.7 Å². The lowest BCUT2D eigenvalue weighted by Gasteiger charge is -2.17. The van der Waals surface area contributed by atoms with Gasteiger partial charge in [-0.3, -0.25) is 0 Å². The molecule has 0 heterocycles. The Morgan fingerprint density at radius 3 is 2.29 bits per heavy atom. The average Bonchev–Trinajstić information content (AvgIpc) is 2.27. The molecule has 0 saturated heterocycles. The third-order valence-corrected chi connectivity index (χ3v) is 2.50. The quantitative estimate of drug-likeness (QED) is 0.760. The van der Waals surface area contributed by atoms with Crippen molar-refractivity contribution in [2.45, 2.75) is 12.3 Å². The fraction of sp³-hybridized carbons (Fsp3) is 0.167. The summed E-state index contributed by atoms with van der Waals surface area (Å²) in [6.07, 6.45) is -7.70. The van der Waals surface area contributed by atoms with Crippen LogP contribution in [-0.4, -0.2) is 11.3 Å². The van der Waals surface area contributed by atoms with Crippen molar-refractivity contribution in [3.8, 4) is 0 Å². The van der Waals surface area contributed by atoms with Gasteiger partial charge < -0.3 is 5.11 Å². The van der Waals surface area contributed by atoms with Crippen molar-refractivity contribution in [2.24, 2.45) is 0 Å². The van der Waals surface area contributed by atoms with Gasteiger partial charge in [0.1, 0.15) is 5.82 Å². The summed E-state index contributed by atoms with van der Waals surface area (Å²) in [4.78, 5) is 0. The summed E-state index contributed by atoms with van der Waals surface area (Å²) in [5.74, 6) is -1.06. The zero-order valence-corrected chi connectivity index (χ0v) is 8.50. The molecule has 17 heavy (non-hydrogen) atoms. The smallest absolute Gasteiger partial charge is 0.379 e. The fourth-order valence-electron chi connectivity index (χ4n) is 1.71. The molecule has 0 spiro atoms. The summed E-state index contributed by atoms with van der Waals surface area (Å²) in [5, 5.41) is 9.69. The number of benzene rings is 2. The number of halogens is 4. The maximum atomic E-state index is 13.4. The van der Waals surface area contributed by atoms with E-state index in [0.29, 0.717) is 5.39 Å². The van der Waals surface area contributed by atoms with Crippen molar-refractivity contribution < 1.29 is 22.7 Å². The zero-order chi connectivity index (χ0) is 12.6. The number of aliphatic hydroxyl groups excluding tert-OH is 1. The van der Waals surface area contributed by atoms with Gasteiger partial charge in [-0.15, -0.1) is 0 Å². The summed E-state index contributed by atoms with van der Waals surface area (Å²) in [5.41, 5.74) is -0.726. The highest BCUT2D eigenvalue weighted by atomic mass is 19.4. The van der Waals surface area contributed by atoms with Crippen molar-refractivity contribution in [1.82, 2.24) is 0 Å². The number of hydrogen-bond acceptors (Lipinski definition) is 1.